The molecule has 0 aromatic carbocycles. The Morgan fingerprint density at radius 2 is 1.23 bits per heavy atom. The Morgan fingerprint density at radius 1 is 0.769 bits per heavy atom. The second kappa shape index (κ2) is 10.4. The summed E-state index contributed by atoms with van der Waals surface area (Å²) in [7, 11) is 0. The topological polar surface area (TPSA) is 27.7 Å². The van der Waals surface area contributed by atoms with E-state index in [1.54, 1.807) is 12.2 Å². The summed E-state index contributed by atoms with van der Waals surface area (Å²) in [6.45, 7) is 7.91. The first kappa shape index (κ1) is 11.4. The van der Waals surface area contributed by atoms with Crippen LogP contribution < -0.4 is 0 Å². The lowest BCUT2D eigenvalue weighted by atomic mass is 10.7. The molecular formula is C10H14O3. The third-order valence-electron chi connectivity index (χ3n) is 0.889. The van der Waals surface area contributed by atoms with Crippen molar-refractivity contribution in [2.24, 2.45) is 0 Å². The quantitative estimate of drug-likeness (QED) is 0.327. The molecule has 0 saturated heterocycles. The Hall–Kier alpha value is -1.64. The van der Waals surface area contributed by atoms with Crippen LogP contribution in [0.5, 0.6) is 0 Å². The van der Waals surface area contributed by atoms with Gasteiger partial charge in [0.1, 0.15) is 38.3 Å². The molecule has 3 nitrogen and oxygen atoms in total. The molecule has 0 aliphatic rings. The fraction of sp³-hybridized carbons (Fsp3) is 0.200. The summed E-state index contributed by atoms with van der Waals surface area (Å²) in [6.07, 6.45) is 8.95. The Labute approximate surface area is 78.6 Å². The van der Waals surface area contributed by atoms with E-state index in [0.29, 0.717) is 13.2 Å². The fourth-order valence-corrected chi connectivity index (χ4v) is 0.435. The maximum absolute atomic E-state index is 4.90. The lowest BCUT2D eigenvalue weighted by Crippen LogP contribution is -1.80. The van der Waals surface area contributed by atoms with Crippen LogP contribution >= 0.6 is 0 Å². The monoisotopic (exact) mass is 182 g/mol. The normalized spacial score (nSPS) is 10.2. The summed E-state index contributed by atoms with van der Waals surface area (Å²) < 4.78 is 14.6. The highest BCUT2D eigenvalue weighted by Gasteiger charge is 1.73. The zero-order valence-electron chi connectivity index (χ0n) is 7.52. The van der Waals surface area contributed by atoms with Crippen molar-refractivity contribution in [3.8, 4) is 0 Å². The lowest BCUT2D eigenvalue weighted by molar-refractivity contribution is 0.253. The van der Waals surface area contributed by atoms with Crippen molar-refractivity contribution >= 4 is 0 Å². The minimum atomic E-state index is 0.469. The van der Waals surface area contributed by atoms with Crippen molar-refractivity contribution in [1.82, 2.24) is 0 Å². The van der Waals surface area contributed by atoms with Gasteiger partial charge in [-0.25, -0.2) is 0 Å². The number of hydrogen-bond acceptors (Lipinski definition) is 3. The van der Waals surface area contributed by atoms with Gasteiger partial charge in [0.05, 0.1) is 0 Å². The van der Waals surface area contributed by atoms with Crippen molar-refractivity contribution in [3.05, 3.63) is 50.4 Å². The molecule has 0 bridgehead atoms. The van der Waals surface area contributed by atoms with E-state index < -0.39 is 0 Å². The molecule has 13 heavy (non-hydrogen) atoms. The van der Waals surface area contributed by atoms with E-state index in [2.05, 4.69) is 13.2 Å². The Morgan fingerprint density at radius 3 is 1.62 bits per heavy atom. The molecule has 0 atom stereocenters. The summed E-state index contributed by atoms with van der Waals surface area (Å²) in [6, 6.07) is 0. The van der Waals surface area contributed by atoms with Gasteiger partial charge in [0.15, 0.2) is 0 Å². The Bertz CT molecular complexity index is 163. The van der Waals surface area contributed by atoms with Crippen molar-refractivity contribution in [1.29, 1.82) is 0 Å². The molecule has 0 rings (SSSR count). The minimum absolute atomic E-state index is 0.469. The van der Waals surface area contributed by atoms with Crippen molar-refractivity contribution in [2.45, 2.75) is 0 Å². The molecule has 0 unspecified atom stereocenters. The largest absolute Gasteiger partial charge is 0.494 e. The smallest absolute Gasteiger partial charge is 0.125 e. The highest BCUT2D eigenvalue weighted by Crippen LogP contribution is 1.84. The predicted octanol–water partition coefficient (Wildman–Crippen LogP) is 2.35. The first-order valence-corrected chi connectivity index (χ1v) is 3.82. The van der Waals surface area contributed by atoms with E-state index in [1.165, 1.54) is 25.0 Å². The average Bonchev–Trinajstić information content (AvgIpc) is 2.16. The van der Waals surface area contributed by atoms with Gasteiger partial charge in [0.25, 0.3) is 0 Å². The summed E-state index contributed by atoms with van der Waals surface area (Å²) in [5, 5.41) is 0. The molecule has 0 heterocycles. The molecule has 0 aliphatic carbocycles. The molecule has 0 radical (unpaired) electrons. The van der Waals surface area contributed by atoms with Gasteiger partial charge in [-0.1, -0.05) is 25.3 Å². The van der Waals surface area contributed by atoms with E-state index in [4.69, 9.17) is 14.2 Å². The number of ether oxygens (including phenoxy) is 3. The van der Waals surface area contributed by atoms with Crippen molar-refractivity contribution < 1.29 is 14.2 Å². The van der Waals surface area contributed by atoms with Crippen LogP contribution in [0.4, 0.5) is 0 Å². The molecule has 0 aromatic rings. The zero-order chi connectivity index (χ0) is 9.78. The predicted molar refractivity (Wildman–Crippen MR) is 51.7 cm³/mol. The van der Waals surface area contributed by atoms with Gasteiger partial charge < -0.3 is 14.2 Å². The third-order valence-corrected chi connectivity index (χ3v) is 0.889. The van der Waals surface area contributed by atoms with Gasteiger partial charge in [-0.2, -0.15) is 0 Å². The Balaban J connectivity index is 3.22. The first-order chi connectivity index (χ1) is 6.41. The first-order valence-electron chi connectivity index (χ1n) is 3.82. The molecular weight excluding hydrogens is 168 g/mol. The fourth-order valence-electron chi connectivity index (χ4n) is 0.435. The molecule has 72 valence electrons. The molecule has 0 amide bonds. The highest BCUT2D eigenvalue weighted by molar-refractivity contribution is 4.73. The summed E-state index contributed by atoms with van der Waals surface area (Å²) in [5.41, 5.74) is 0. The van der Waals surface area contributed by atoms with Gasteiger partial charge >= 0.3 is 0 Å². The zero-order valence-corrected chi connectivity index (χ0v) is 7.52. The molecule has 0 aliphatic heterocycles. The van der Waals surface area contributed by atoms with Gasteiger partial charge in [0, 0.05) is 0 Å². The van der Waals surface area contributed by atoms with E-state index >= 15 is 0 Å². The van der Waals surface area contributed by atoms with Crippen LogP contribution in [0.2, 0.25) is 0 Å². The second-order valence-electron chi connectivity index (χ2n) is 1.92. The minimum Gasteiger partial charge on any atom is -0.494 e. The summed E-state index contributed by atoms with van der Waals surface area (Å²) in [5.74, 6) is 0. The second-order valence-corrected chi connectivity index (χ2v) is 1.92. The summed E-state index contributed by atoms with van der Waals surface area (Å²) in [4.78, 5) is 0. The molecule has 0 fully saturated rings. The van der Waals surface area contributed by atoms with Crippen LogP contribution in [0.1, 0.15) is 0 Å². The molecule has 0 N–H and O–H groups in total. The van der Waals surface area contributed by atoms with Crippen molar-refractivity contribution in [2.75, 3.05) is 13.2 Å². The van der Waals surface area contributed by atoms with Crippen LogP contribution in [0.3, 0.4) is 0 Å². The van der Waals surface area contributed by atoms with Crippen LogP contribution in [0.15, 0.2) is 50.4 Å². The van der Waals surface area contributed by atoms with Crippen LogP contribution in [-0.2, 0) is 14.2 Å². The molecule has 3 heteroatoms. The lowest BCUT2D eigenvalue weighted by Gasteiger charge is -1.94. The highest BCUT2D eigenvalue weighted by atomic mass is 16.5. The molecule has 0 saturated carbocycles. The Kier molecular flexibility index (Phi) is 9.05. The number of rotatable bonds is 8. The SMILES string of the molecule is C=CCOC=COC=COCC=C. The van der Waals surface area contributed by atoms with E-state index in [0.717, 1.165) is 0 Å². The van der Waals surface area contributed by atoms with E-state index in [1.807, 2.05) is 0 Å². The maximum atomic E-state index is 4.90. The molecule has 0 spiro atoms. The van der Waals surface area contributed by atoms with Gasteiger partial charge in [-0.15, -0.1) is 0 Å². The van der Waals surface area contributed by atoms with Gasteiger partial charge in [0.2, 0.25) is 0 Å². The van der Waals surface area contributed by atoms with Gasteiger partial charge in [-0.3, -0.25) is 0 Å². The number of hydrogen-bond donors (Lipinski definition) is 0. The molecule has 0 aromatic heterocycles. The summed E-state index contributed by atoms with van der Waals surface area (Å²) >= 11 is 0. The van der Waals surface area contributed by atoms with Crippen LogP contribution in [0, 0.1) is 0 Å². The van der Waals surface area contributed by atoms with Crippen LogP contribution in [-0.4, -0.2) is 13.2 Å². The van der Waals surface area contributed by atoms with E-state index in [-0.39, 0.29) is 0 Å². The standard InChI is InChI=1S/C10H14O3/c1-3-5-11-7-9-13-10-8-12-6-4-2/h3-4,7-10H,1-2,5-6H2. The third kappa shape index (κ3) is 10.4. The van der Waals surface area contributed by atoms with Crippen molar-refractivity contribution in [3.63, 3.8) is 0 Å². The average molecular weight is 182 g/mol. The maximum Gasteiger partial charge on any atom is 0.125 e. The van der Waals surface area contributed by atoms with Gasteiger partial charge in [-0.05, 0) is 0 Å². The van der Waals surface area contributed by atoms with Crippen LogP contribution in [0.25, 0.3) is 0 Å². The van der Waals surface area contributed by atoms with E-state index in [9.17, 15) is 0 Å².